The summed E-state index contributed by atoms with van der Waals surface area (Å²) in [7, 11) is 0. The third-order valence-corrected chi connectivity index (χ3v) is 10.5. The Labute approximate surface area is 203 Å². The summed E-state index contributed by atoms with van der Waals surface area (Å²) >= 11 is 0. The molecule has 4 rings (SSSR count). The van der Waals surface area contributed by atoms with Crippen LogP contribution in [0.4, 0.5) is 0 Å². The van der Waals surface area contributed by atoms with Gasteiger partial charge in [0.25, 0.3) is 0 Å². The molecule has 3 heteroatoms. The standard InChI is InChI=1S/C24H40O.C6H10O2/c1-5-8-16(2)18-10-11-19-22-20(12-14-24(18,19)4)23(3)13-7-6-9-17(23)15-21(22)25;1-3-5-8-6(7)4-2/h16-20,22H,5-15H2,1-4H3;3H,1,4-5H2,2H3/t16?,17?,18-,19+,20+,22+,23+,24-;/m1./s1. The first kappa shape index (κ1) is 26.5. The topological polar surface area (TPSA) is 43.4 Å². The van der Waals surface area contributed by atoms with Crippen molar-refractivity contribution < 1.29 is 14.3 Å². The molecule has 33 heavy (non-hydrogen) atoms. The molecule has 0 radical (unpaired) electrons. The van der Waals surface area contributed by atoms with Crippen LogP contribution in [0.5, 0.6) is 0 Å². The van der Waals surface area contributed by atoms with Gasteiger partial charge in [-0.3, -0.25) is 9.59 Å². The molecular weight excluding hydrogens is 408 g/mol. The molecule has 4 fully saturated rings. The lowest BCUT2D eigenvalue weighted by Gasteiger charge is -2.60. The fourth-order valence-corrected chi connectivity index (χ4v) is 8.85. The minimum absolute atomic E-state index is 0.176. The molecule has 0 heterocycles. The molecular formula is C30H50O3. The third kappa shape index (κ3) is 5.13. The molecule has 0 aromatic heterocycles. The zero-order chi connectivity index (χ0) is 24.2. The zero-order valence-electron chi connectivity index (χ0n) is 22.2. The zero-order valence-corrected chi connectivity index (χ0v) is 22.2. The van der Waals surface area contributed by atoms with Crippen LogP contribution >= 0.6 is 0 Å². The SMILES string of the molecule is C=CCOC(=O)CC.CCCC(C)[C@H]1CC[C@H]2[C@@H]3C(=O)CC4CCCC[C@]4(C)[C@H]3CC[C@]12C. The van der Waals surface area contributed by atoms with Gasteiger partial charge in [-0.05, 0) is 78.9 Å². The lowest BCUT2D eigenvalue weighted by atomic mass is 9.44. The molecule has 0 spiro atoms. The Bertz CT molecular complexity index is 699. The second kappa shape index (κ2) is 11.1. The molecule has 4 aliphatic carbocycles. The van der Waals surface area contributed by atoms with E-state index in [0.29, 0.717) is 53.3 Å². The fraction of sp³-hybridized carbons (Fsp3) is 0.867. The first-order valence-corrected chi connectivity index (χ1v) is 14.0. The van der Waals surface area contributed by atoms with E-state index < -0.39 is 0 Å². The van der Waals surface area contributed by atoms with Crippen LogP contribution in [0.2, 0.25) is 0 Å². The maximum Gasteiger partial charge on any atom is 0.305 e. The number of esters is 1. The van der Waals surface area contributed by atoms with Gasteiger partial charge in [0.1, 0.15) is 12.4 Å². The molecule has 8 atom stereocenters. The molecule has 2 unspecified atom stereocenters. The number of hydrogen-bond donors (Lipinski definition) is 0. The van der Waals surface area contributed by atoms with Crippen LogP contribution in [0.3, 0.4) is 0 Å². The van der Waals surface area contributed by atoms with Crippen molar-refractivity contribution in [2.75, 3.05) is 6.61 Å². The fourth-order valence-electron chi connectivity index (χ4n) is 8.85. The van der Waals surface area contributed by atoms with E-state index in [2.05, 4.69) is 39.0 Å². The molecule has 0 N–H and O–H groups in total. The van der Waals surface area contributed by atoms with Crippen molar-refractivity contribution in [2.45, 2.75) is 112 Å². The second-order valence-corrected chi connectivity index (χ2v) is 12.2. The Kier molecular flexibility index (Phi) is 8.89. The van der Waals surface area contributed by atoms with Crippen molar-refractivity contribution in [3.63, 3.8) is 0 Å². The number of carbonyl (C=O) groups excluding carboxylic acids is 2. The van der Waals surface area contributed by atoms with E-state index in [0.717, 1.165) is 18.3 Å². The minimum atomic E-state index is -0.176. The molecule has 0 aromatic rings. The quantitative estimate of drug-likeness (QED) is 0.301. The van der Waals surface area contributed by atoms with Crippen molar-refractivity contribution in [2.24, 2.45) is 46.3 Å². The average molecular weight is 459 g/mol. The highest BCUT2D eigenvalue weighted by Crippen LogP contribution is 2.67. The maximum absolute atomic E-state index is 13.3. The molecule has 0 aromatic carbocycles. The molecule has 4 saturated carbocycles. The minimum Gasteiger partial charge on any atom is -0.461 e. The molecule has 0 saturated heterocycles. The highest BCUT2D eigenvalue weighted by Gasteiger charge is 2.62. The van der Waals surface area contributed by atoms with Gasteiger partial charge in [0.15, 0.2) is 0 Å². The summed E-state index contributed by atoms with van der Waals surface area (Å²) in [6.07, 6.45) is 16.5. The van der Waals surface area contributed by atoms with Gasteiger partial charge in [-0.25, -0.2) is 0 Å². The molecule has 0 bridgehead atoms. The Hall–Kier alpha value is -1.12. The van der Waals surface area contributed by atoms with E-state index in [9.17, 15) is 9.59 Å². The Morgan fingerprint density at radius 1 is 1.09 bits per heavy atom. The summed E-state index contributed by atoms with van der Waals surface area (Å²) in [5.74, 6) is 4.72. The van der Waals surface area contributed by atoms with Gasteiger partial charge in [0.05, 0.1) is 0 Å². The predicted molar refractivity (Wildman–Crippen MR) is 136 cm³/mol. The van der Waals surface area contributed by atoms with Crippen molar-refractivity contribution in [3.8, 4) is 0 Å². The van der Waals surface area contributed by atoms with Gasteiger partial charge in [0, 0.05) is 18.8 Å². The van der Waals surface area contributed by atoms with Gasteiger partial charge in [0.2, 0.25) is 0 Å². The van der Waals surface area contributed by atoms with Crippen molar-refractivity contribution >= 4 is 11.8 Å². The lowest BCUT2D eigenvalue weighted by molar-refractivity contribution is -0.156. The second-order valence-electron chi connectivity index (χ2n) is 12.2. The Morgan fingerprint density at radius 3 is 2.48 bits per heavy atom. The van der Waals surface area contributed by atoms with Crippen LogP contribution in [-0.4, -0.2) is 18.4 Å². The van der Waals surface area contributed by atoms with E-state index in [1.54, 1.807) is 13.0 Å². The Balaban J connectivity index is 0.000000331. The number of fused-ring (bicyclic) bond motifs is 5. The highest BCUT2D eigenvalue weighted by molar-refractivity contribution is 5.83. The first-order chi connectivity index (χ1) is 15.7. The number of Topliss-reactive ketones (excluding diaryl/α,β-unsaturated/α-hetero) is 1. The summed E-state index contributed by atoms with van der Waals surface area (Å²) in [5.41, 5.74) is 0.925. The van der Waals surface area contributed by atoms with Crippen LogP contribution in [0, 0.1) is 46.3 Å². The first-order valence-electron chi connectivity index (χ1n) is 14.0. The predicted octanol–water partition coefficient (Wildman–Crippen LogP) is 7.78. The van der Waals surface area contributed by atoms with Crippen molar-refractivity contribution in [3.05, 3.63) is 12.7 Å². The van der Waals surface area contributed by atoms with Crippen molar-refractivity contribution in [1.29, 1.82) is 0 Å². The van der Waals surface area contributed by atoms with E-state index in [1.807, 2.05) is 0 Å². The lowest BCUT2D eigenvalue weighted by Crippen LogP contribution is -2.56. The molecule has 4 aliphatic rings. The molecule has 3 nitrogen and oxygen atoms in total. The molecule has 188 valence electrons. The number of rotatable bonds is 6. The van der Waals surface area contributed by atoms with E-state index in [1.165, 1.54) is 64.2 Å². The molecule has 0 aliphatic heterocycles. The summed E-state index contributed by atoms with van der Waals surface area (Å²) in [6.45, 7) is 15.5. The molecule has 0 amide bonds. The van der Waals surface area contributed by atoms with E-state index >= 15 is 0 Å². The monoisotopic (exact) mass is 458 g/mol. The highest BCUT2D eigenvalue weighted by atomic mass is 16.5. The van der Waals surface area contributed by atoms with Gasteiger partial charge in [-0.1, -0.05) is 73.0 Å². The van der Waals surface area contributed by atoms with Crippen LogP contribution in [0.25, 0.3) is 0 Å². The van der Waals surface area contributed by atoms with Crippen LogP contribution in [0.1, 0.15) is 112 Å². The van der Waals surface area contributed by atoms with Crippen molar-refractivity contribution in [1.82, 2.24) is 0 Å². The van der Waals surface area contributed by atoms with E-state index in [4.69, 9.17) is 0 Å². The maximum atomic E-state index is 13.3. The van der Waals surface area contributed by atoms with Crippen LogP contribution in [-0.2, 0) is 14.3 Å². The number of ketones is 1. The largest absolute Gasteiger partial charge is 0.461 e. The smallest absolute Gasteiger partial charge is 0.305 e. The van der Waals surface area contributed by atoms with E-state index in [-0.39, 0.29) is 5.97 Å². The Morgan fingerprint density at radius 2 is 1.82 bits per heavy atom. The van der Waals surface area contributed by atoms with Crippen LogP contribution < -0.4 is 0 Å². The summed E-state index contributed by atoms with van der Waals surface area (Å²) in [4.78, 5) is 23.6. The van der Waals surface area contributed by atoms with Crippen LogP contribution in [0.15, 0.2) is 12.7 Å². The average Bonchev–Trinajstić information content (AvgIpc) is 3.15. The van der Waals surface area contributed by atoms with Gasteiger partial charge < -0.3 is 4.74 Å². The number of ether oxygens (including phenoxy) is 1. The summed E-state index contributed by atoms with van der Waals surface area (Å²) in [6, 6.07) is 0. The number of carbonyl (C=O) groups is 2. The van der Waals surface area contributed by atoms with Gasteiger partial charge in [-0.2, -0.15) is 0 Å². The third-order valence-electron chi connectivity index (χ3n) is 10.5. The summed E-state index contributed by atoms with van der Waals surface area (Å²) in [5, 5.41) is 0. The van der Waals surface area contributed by atoms with Gasteiger partial charge in [-0.15, -0.1) is 0 Å². The normalized spacial score (nSPS) is 40.4. The summed E-state index contributed by atoms with van der Waals surface area (Å²) < 4.78 is 4.58. The number of hydrogen-bond acceptors (Lipinski definition) is 3. The van der Waals surface area contributed by atoms with Gasteiger partial charge >= 0.3 is 5.97 Å².